The van der Waals surface area contributed by atoms with Crippen molar-refractivity contribution in [1.29, 1.82) is 15.9 Å². The summed E-state index contributed by atoms with van der Waals surface area (Å²) in [6.45, 7) is 9.92. The molecule has 20 heteroatoms. The topological polar surface area (TPSA) is 204 Å². The zero-order valence-electron chi connectivity index (χ0n) is 49.8. The summed E-state index contributed by atoms with van der Waals surface area (Å²) >= 11 is 3.43. The lowest BCUT2D eigenvalue weighted by molar-refractivity contribution is 0.288. The minimum absolute atomic E-state index is 0.0473. The lowest BCUT2D eigenvalue weighted by Crippen LogP contribution is -2.18. The monoisotopic (exact) mass is 1250 g/mol. The molecule has 0 heterocycles. The molecule has 470 valence electrons. The molecule has 0 fully saturated rings. The fraction of sp³-hybridized carbons (Fsp3) is 0.562. The molecule has 0 aliphatic rings. The van der Waals surface area contributed by atoms with Gasteiger partial charge in [0.2, 0.25) is 0 Å². The van der Waals surface area contributed by atoms with Gasteiger partial charge in [-0.25, -0.2) is 35.1 Å². The Morgan fingerprint density at radius 1 is 0.452 bits per heavy atom. The molecule has 4 rings (SSSR count). The van der Waals surface area contributed by atoms with Gasteiger partial charge in [-0.05, 0) is 74.2 Å². The molecule has 0 aliphatic heterocycles. The zero-order chi connectivity index (χ0) is 62.9. The molecule has 0 saturated carbocycles. The van der Waals surface area contributed by atoms with Gasteiger partial charge in [0.15, 0.2) is 52.1 Å². The van der Waals surface area contributed by atoms with Crippen LogP contribution in [0.3, 0.4) is 0 Å². The highest BCUT2D eigenvalue weighted by atomic mass is 79.9. The summed E-state index contributed by atoms with van der Waals surface area (Å²) in [7, 11) is 0. The van der Waals surface area contributed by atoms with Crippen LogP contribution in [-0.4, -0.2) is 47.1 Å². The number of halogens is 9. The summed E-state index contributed by atoms with van der Waals surface area (Å²) in [4.78, 5) is 0. The van der Waals surface area contributed by atoms with E-state index in [1.54, 1.807) is 0 Å². The van der Waals surface area contributed by atoms with Gasteiger partial charge >= 0.3 is 0 Å². The number of unbranched alkanes of at least 4 members (excludes halogenated alkanes) is 24. The fourth-order valence-corrected chi connectivity index (χ4v) is 8.38. The normalized spacial score (nSPS) is 10.6. The number of nitrogens with two attached hydrogens (primary N) is 2. The predicted octanol–water partition coefficient (Wildman–Crippen LogP) is 19.2. The average Bonchev–Trinajstić information content (AvgIpc) is 3.27. The van der Waals surface area contributed by atoms with Crippen LogP contribution >= 0.6 is 15.9 Å². The standard InChI is InChI=1S/C16H24F2N2O2.C16H24F2N2O.C16H21F2NO.C9H19Br.C7H3F2NO/c1-2-3-4-5-6-7-8-11-22-13-10-9-12(17)14(15(13)18)16(19)20-21;1-2-3-4-5-6-7-8-11-21-13-10-9-12(17)14(15(13)18)16(19)20;1-2-3-4-5-6-7-8-11-20-15-10-9-14(17)13(12-19)16(15)18;1-2-3-4-5-6-7-8-9-10;8-5-1-2-6(11)7(9)4(5)3-10/h9-10,21H,2-8,11H2,1H3,(H2,19,20);9-10H,2-8,11H2,1H3,(H3,19,20);9-10H,2-8,11H2,1H3;2-9H2,1H3;1-2,11H. The number of alkyl halides is 1. The van der Waals surface area contributed by atoms with Crippen molar-refractivity contribution < 1.29 is 59.6 Å². The van der Waals surface area contributed by atoms with Gasteiger partial charge in [0.25, 0.3) is 0 Å². The van der Waals surface area contributed by atoms with Crippen molar-refractivity contribution in [2.24, 2.45) is 16.6 Å². The minimum atomic E-state index is -1.22. The number of nitrogen functional groups attached to an aromatic ring is 1. The van der Waals surface area contributed by atoms with Crippen LogP contribution in [0.15, 0.2) is 53.7 Å². The van der Waals surface area contributed by atoms with Crippen LogP contribution in [0.2, 0.25) is 0 Å². The Bertz CT molecular complexity index is 2540. The molecular weight excluding hydrogens is 1160 g/mol. The average molecular weight is 1260 g/mol. The summed E-state index contributed by atoms with van der Waals surface area (Å²) in [5.41, 5.74) is 8.00. The van der Waals surface area contributed by atoms with Crippen molar-refractivity contribution in [3.05, 3.63) is 117 Å². The quantitative estimate of drug-likeness (QED) is 0.00558. The van der Waals surface area contributed by atoms with Crippen molar-refractivity contribution in [2.75, 3.05) is 25.2 Å². The second kappa shape index (κ2) is 50.1. The lowest BCUT2D eigenvalue weighted by atomic mass is 10.1. The number of hydrogen-bond acceptors (Lipinski definition) is 9. The summed E-state index contributed by atoms with van der Waals surface area (Å²) in [6, 6.07) is 11.3. The Kier molecular flexibility index (Phi) is 46.3. The van der Waals surface area contributed by atoms with Gasteiger partial charge in [-0.2, -0.15) is 10.5 Å². The maximum atomic E-state index is 14.0. The highest BCUT2D eigenvalue weighted by molar-refractivity contribution is 9.09. The molecule has 11 nitrogen and oxygen atoms in total. The third kappa shape index (κ3) is 33.3. The second-order valence-electron chi connectivity index (χ2n) is 19.8. The van der Waals surface area contributed by atoms with Gasteiger partial charge in [0, 0.05) is 5.33 Å². The number of nitrogens with one attached hydrogen (secondary N) is 1. The third-order valence-electron chi connectivity index (χ3n) is 12.8. The van der Waals surface area contributed by atoms with E-state index in [1.807, 2.05) is 0 Å². The van der Waals surface area contributed by atoms with E-state index in [0.717, 1.165) is 88.1 Å². The van der Waals surface area contributed by atoms with Crippen molar-refractivity contribution in [3.8, 4) is 35.1 Å². The Morgan fingerprint density at radius 3 is 1.08 bits per heavy atom. The molecule has 0 saturated heterocycles. The van der Waals surface area contributed by atoms with Crippen LogP contribution in [0.25, 0.3) is 0 Å². The van der Waals surface area contributed by atoms with Gasteiger partial charge in [-0.15, -0.1) is 0 Å². The van der Waals surface area contributed by atoms with E-state index in [9.17, 15) is 35.1 Å². The number of aromatic hydroxyl groups is 1. The second-order valence-corrected chi connectivity index (χ2v) is 20.6. The molecule has 4 aromatic carbocycles. The molecule has 0 bridgehead atoms. The minimum Gasteiger partial charge on any atom is -0.505 e. The molecular formula is C64H91BrF8N6O5. The van der Waals surface area contributed by atoms with Gasteiger partial charge in [-0.3, -0.25) is 5.41 Å². The maximum Gasteiger partial charge on any atom is 0.185 e. The molecule has 0 atom stereocenters. The summed E-state index contributed by atoms with van der Waals surface area (Å²) in [5, 5.41) is 45.0. The summed E-state index contributed by atoms with van der Waals surface area (Å²) in [6.07, 6.45) is 33.7. The summed E-state index contributed by atoms with van der Waals surface area (Å²) in [5.74, 6) is -9.68. The zero-order valence-corrected chi connectivity index (χ0v) is 51.3. The van der Waals surface area contributed by atoms with Crippen molar-refractivity contribution >= 4 is 27.6 Å². The van der Waals surface area contributed by atoms with Gasteiger partial charge < -0.3 is 36.0 Å². The van der Waals surface area contributed by atoms with Crippen LogP contribution in [0.5, 0.6) is 23.0 Å². The molecule has 4 aromatic rings. The number of hydrogen-bond donors (Lipinski definition) is 5. The molecule has 84 heavy (non-hydrogen) atoms. The van der Waals surface area contributed by atoms with Gasteiger partial charge in [-0.1, -0.05) is 203 Å². The first-order valence-electron chi connectivity index (χ1n) is 29.7. The Morgan fingerprint density at radius 2 is 0.750 bits per heavy atom. The van der Waals surface area contributed by atoms with Crippen molar-refractivity contribution in [1.82, 2.24) is 0 Å². The molecule has 0 aromatic heterocycles. The first-order chi connectivity index (χ1) is 40.5. The SMILES string of the molecule is CCCCCCCCCBr.CCCCCCCCCOc1ccc(F)c(/C(N)=N/O)c1F.CCCCCCCCCOc1ccc(F)c(C#N)c1F.CCCCCCCCCOc1ccc(F)c(C(=N)N)c1F.N#Cc1c(F)ccc(O)c1F. The third-order valence-corrected chi connectivity index (χ3v) is 13.4. The van der Waals surface area contributed by atoms with E-state index >= 15 is 0 Å². The van der Waals surface area contributed by atoms with Gasteiger partial charge in [0.1, 0.15) is 52.4 Å². The Labute approximate surface area is 502 Å². The number of phenols is 1. The number of benzene rings is 4. The van der Waals surface area contributed by atoms with Crippen LogP contribution < -0.4 is 25.7 Å². The smallest absolute Gasteiger partial charge is 0.185 e. The lowest BCUT2D eigenvalue weighted by Gasteiger charge is -2.10. The van der Waals surface area contributed by atoms with E-state index in [4.69, 9.17) is 51.9 Å². The number of nitriles is 2. The number of oxime groups is 1. The highest BCUT2D eigenvalue weighted by Crippen LogP contribution is 2.27. The molecule has 0 unspecified atom stereocenters. The number of amidine groups is 2. The van der Waals surface area contributed by atoms with Gasteiger partial charge in [0.05, 0.1) is 30.9 Å². The van der Waals surface area contributed by atoms with Crippen LogP contribution in [-0.2, 0) is 0 Å². The first-order valence-corrected chi connectivity index (χ1v) is 30.8. The number of ether oxygens (including phenoxy) is 3. The fourth-order valence-electron chi connectivity index (χ4n) is 7.99. The number of phenolic OH excluding ortho intramolecular Hbond substituents is 1. The molecule has 0 aliphatic carbocycles. The maximum absolute atomic E-state index is 14.0. The van der Waals surface area contributed by atoms with Crippen LogP contribution in [0.1, 0.15) is 230 Å². The van der Waals surface area contributed by atoms with E-state index in [-0.39, 0.29) is 17.2 Å². The van der Waals surface area contributed by atoms with Crippen LogP contribution in [0, 0.1) is 74.6 Å². The van der Waals surface area contributed by atoms with Crippen LogP contribution in [0.4, 0.5) is 35.1 Å². The molecule has 0 radical (unpaired) electrons. The number of rotatable bonds is 36. The largest absolute Gasteiger partial charge is 0.505 e. The van der Waals surface area contributed by atoms with Crippen molar-refractivity contribution in [3.63, 3.8) is 0 Å². The van der Waals surface area contributed by atoms with E-state index < -0.39 is 86.2 Å². The Hall–Kier alpha value is -6.28. The predicted molar refractivity (Wildman–Crippen MR) is 322 cm³/mol. The molecule has 0 amide bonds. The van der Waals surface area contributed by atoms with E-state index in [2.05, 4.69) is 48.8 Å². The number of nitrogens with zero attached hydrogens (tertiary/aromatic N) is 3. The molecule has 7 N–H and O–H groups in total. The first kappa shape index (κ1) is 77.7. The molecule has 0 spiro atoms. The highest BCUT2D eigenvalue weighted by Gasteiger charge is 2.20. The summed E-state index contributed by atoms with van der Waals surface area (Å²) < 4.78 is 122. The van der Waals surface area contributed by atoms with E-state index in [1.165, 1.54) is 158 Å². The Balaban J connectivity index is 0.00000106. The van der Waals surface area contributed by atoms with Crippen molar-refractivity contribution in [2.45, 2.75) is 207 Å². The van der Waals surface area contributed by atoms with E-state index in [0.29, 0.717) is 19.8 Å².